The molecule has 0 amide bonds. The first-order valence-corrected chi connectivity index (χ1v) is 11.9. The molecule has 176 valence electrons. The monoisotopic (exact) mass is 466 g/mol. The van der Waals surface area contributed by atoms with Crippen molar-refractivity contribution in [1.29, 1.82) is 0 Å². The van der Waals surface area contributed by atoms with E-state index >= 15 is 0 Å². The first-order valence-electron chi connectivity index (χ1n) is 11.9. The summed E-state index contributed by atoms with van der Waals surface area (Å²) in [5.41, 5.74) is 8.99. The maximum absolute atomic E-state index is 11.1. The van der Waals surface area contributed by atoms with Crippen molar-refractivity contribution in [3.8, 4) is 34.0 Å². The van der Waals surface area contributed by atoms with Gasteiger partial charge in [-0.3, -0.25) is 14.7 Å². The molecule has 2 aromatic carbocycles. The molecule has 1 aliphatic heterocycles. The smallest absolute Gasteiger partial charge is 0.306 e. The summed E-state index contributed by atoms with van der Waals surface area (Å²) in [6, 6.07) is 14.9. The molecule has 0 bridgehead atoms. The summed E-state index contributed by atoms with van der Waals surface area (Å²) >= 11 is 0. The number of carboxylic acid groups (broad SMARTS) is 1. The van der Waals surface area contributed by atoms with Crippen LogP contribution in [0.5, 0.6) is 0 Å². The summed E-state index contributed by atoms with van der Waals surface area (Å²) in [4.78, 5) is 22.3. The van der Waals surface area contributed by atoms with Crippen LogP contribution in [0.15, 0.2) is 59.4 Å². The van der Waals surface area contributed by atoms with Crippen molar-refractivity contribution in [2.75, 3.05) is 0 Å². The highest BCUT2D eigenvalue weighted by atomic mass is 16.5. The van der Waals surface area contributed by atoms with Gasteiger partial charge >= 0.3 is 5.97 Å². The Bertz CT molecular complexity index is 1400. The van der Waals surface area contributed by atoms with Gasteiger partial charge in [0.25, 0.3) is 5.89 Å². The Morgan fingerprint density at radius 3 is 2.37 bits per heavy atom. The average molecular weight is 467 g/mol. The van der Waals surface area contributed by atoms with Crippen LogP contribution in [0.2, 0.25) is 0 Å². The van der Waals surface area contributed by atoms with E-state index in [2.05, 4.69) is 53.2 Å². The molecule has 2 aromatic heterocycles. The molecule has 0 saturated heterocycles. The van der Waals surface area contributed by atoms with Gasteiger partial charge in [-0.15, -0.1) is 0 Å². The third kappa shape index (κ3) is 3.91. The van der Waals surface area contributed by atoms with Gasteiger partial charge in [0.15, 0.2) is 0 Å². The largest absolute Gasteiger partial charge is 0.481 e. The minimum atomic E-state index is -0.675. The lowest BCUT2D eigenvalue weighted by atomic mass is 9.79. The quantitative estimate of drug-likeness (QED) is 0.429. The second-order valence-electron chi connectivity index (χ2n) is 9.69. The number of carbonyl (C=O) groups is 1. The van der Waals surface area contributed by atoms with Crippen LogP contribution in [0.3, 0.4) is 0 Å². The van der Waals surface area contributed by atoms with E-state index < -0.39 is 5.97 Å². The highest BCUT2D eigenvalue weighted by Crippen LogP contribution is 2.38. The number of hydrogen-bond donors (Lipinski definition) is 1. The zero-order chi connectivity index (χ0) is 24.1. The van der Waals surface area contributed by atoms with E-state index in [4.69, 9.17) is 14.6 Å². The number of nitrogens with zero attached hydrogens (tertiary/aromatic N) is 4. The Morgan fingerprint density at radius 1 is 0.943 bits per heavy atom. The van der Waals surface area contributed by atoms with Gasteiger partial charge in [-0.1, -0.05) is 17.3 Å². The van der Waals surface area contributed by atoms with Gasteiger partial charge in [-0.2, -0.15) is 4.98 Å². The lowest BCUT2D eigenvalue weighted by Gasteiger charge is -2.39. The van der Waals surface area contributed by atoms with Crippen molar-refractivity contribution >= 4 is 5.97 Å². The number of hydrogen-bond acceptors (Lipinski definition) is 6. The van der Waals surface area contributed by atoms with Gasteiger partial charge in [-0.25, -0.2) is 0 Å². The number of rotatable bonds is 5. The van der Waals surface area contributed by atoms with Crippen LogP contribution in [-0.2, 0) is 17.9 Å². The lowest BCUT2D eigenvalue weighted by molar-refractivity contribution is -0.147. The molecule has 1 saturated carbocycles. The van der Waals surface area contributed by atoms with Crippen LogP contribution in [-0.4, -0.2) is 37.1 Å². The number of fused-ring (bicyclic) bond motifs is 1. The minimum absolute atomic E-state index is 0.192. The van der Waals surface area contributed by atoms with Crippen LogP contribution in [0, 0.1) is 19.8 Å². The number of aryl methyl sites for hydroxylation is 2. The van der Waals surface area contributed by atoms with Gasteiger partial charge in [0, 0.05) is 42.7 Å². The SMILES string of the molecule is Cc1cc(-c2nc(-c3ccc4c(c3)CN(C3CC(C(=O)O)C3)C4)no2)cc(C)c1-c1ccncc1. The van der Waals surface area contributed by atoms with Crippen molar-refractivity contribution < 1.29 is 14.4 Å². The number of pyridine rings is 1. The van der Waals surface area contributed by atoms with E-state index in [1.165, 1.54) is 16.7 Å². The summed E-state index contributed by atoms with van der Waals surface area (Å²) in [6.07, 6.45) is 5.09. The van der Waals surface area contributed by atoms with E-state index in [1.54, 1.807) is 12.4 Å². The Kier molecular flexibility index (Phi) is 5.22. The molecule has 7 nitrogen and oxygen atoms in total. The second kappa shape index (κ2) is 8.43. The average Bonchev–Trinajstić information content (AvgIpc) is 3.45. The Balaban J connectivity index is 1.22. The molecule has 1 aliphatic carbocycles. The zero-order valence-electron chi connectivity index (χ0n) is 19.7. The molecule has 0 unspecified atom stereocenters. The zero-order valence-corrected chi connectivity index (χ0v) is 19.7. The topological polar surface area (TPSA) is 92.4 Å². The minimum Gasteiger partial charge on any atom is -0.481 e. The number of carboxylic acids is 1. The fraction of sp³-hybridized carbons (Fsp3) is 0.286. The fourth-order valence-corrected chi connectivity index (χ4v) is 5.42. The van der Waals surface area contributed by atoms with Crippen LogP contribution in [0.25, 0.3) is 34.0 Å². The van der Waals surface area contributed by atoms with Gasteiger partial charge < -0.3 is 9.63 Å². The molecule has 35 heavy (non-hydrogen) atoms. The number of benzene rings is 2. The third-order valence-corrected chi connectivity index (χ3v) is 7.36. The molecule has 4 aromatic rings. The fourth-order valence-electron chi connectivity index (χ4n) is 5.42. The molecule has 2 aliphatic rings. The molecular weight excluding hydrogens is 440 g/mol. The Morgan fingerprint density at radius 2 is 1.66 bits per heavy atom. The van der Waals surface area contributed by atoms with Crippen molar-refractivity contribution in [3.63, 3.8) is 0 Å². The molecule has 3 heterocycles. The van der Waals surface area contributed by atoms with E-state index in [0.717, 1.165) is 53.7 Å². The predicted molar refractivity (Wildman–Crippen MR) is 131 cm³/mol. The maximum Gasteiger partial charge on any atom is 0.306 e. The molecule has 7 heteroatoms. The molecule has 0 radical (unpaired) electrons. The van der Waals surface area contributed by atoms with Crippen molar-refractivity contribution in [2.24, 2.45) is 5.92 Å². The summed E-state index contributed by atoms with van der Waals surface area (Å²) in [7, 11) is 0. The molecular formula is C28H26N4O3. The standard InChI is InChI=1S/C28H26N4O3/c1-16-9-21(10-17(2)25(16)18-5-7-29-8-6-18)27-30-26(31-35-27)19-3-4-20-14-32(15-23(20)11-19)24-12-22(13-24)28(33)34/h3-11,22,24H,12-15H2,1-2H3,(H,33,34). The molecule has 1 N–H and O–H groups in total. The summed E-state index contributed by atoms with van der Waals surface area (Å²) < 4.78 is 5.66. The molecule has 6 rings (SSSR count). The predicted octanol–water partition coefficient (Wildman–Crippen LogP) is 5.26. The van der Waals surface area contributed by atoms with Crippen molar-refractivity contribution in [1.82, 2.24) is 20.0 Å². The van der Waals surface area contributed by atoms with Crippen molar-refractivity contribution in [2.45, 2.75) is 45.8 Å². The van der Waals surface area contributed by atoms with Crippen LogP contribution in [0.1, 0.15) is 35.1 Å². The Labute approximate surface area is 203 Å². The maximum atomic E-state index is 11.1. The third-order valence-electron chi connectivity index (χ3n) is 7.36. The van der Waals surface area contributed by atoms with E-state index in [-0.39, 0.29) is 5.92 Å². The van der Waals surface area contributed by atoms with Crippen molar-refractivity contribution in [3.05, 3.63) is 77.1 Å². The van der Waals surface area contributed by atoms with Gasteiger partial charge in [0.05, 0.1) is 5.92 Å². The van der Waals surface area contributed by atoms with Crippen LogP contribution >= 0.6 is 0 Å². The summed E-state index contributed by atoms with van der Waals surface area (Å²) in [5, 5.41) is 13.4. The van der Waals surface area contributed by atoms with Crippen LogP contribution < -0.4 is 0 Å². The van der Waals surface area contributed by atoms with E-state index in [1.807, 2.05) is 18.2 Å². The van der Waals surface area contributed by atoms with Crippen LogP contribution in [0.4, 0.5) is 0 Å². The lowest BCUT2D eigenvalue weighted by Crippen LogP contribution is -2.44. The summed E-state index contributed by atoms with van der Waals surface area (Å²) in [5.74, 6) is 0.210. The number of aliphatic carboxylic acids is 1. The highest BCUT2D eigenvalue weighted by molar-refractivity contribution is 5.75. The first kappa shape index (κ1) is 21.7. The Hall–Kier alpha value is -3.84. The number of aromatic nitrogens is 3. The van der Waals surface area contributed by atoms with Gasteiger partial charge in [-0.05, 0) is 90.4 Å². The molecule has 0 atom stereocenters. The molecule has 0 spiro atoms. The highest BCUT2D eigenvalue weighted by Gasteiger charge is 2.39. The van der Waals surface area contributed by atoms with Gasteiger partial charge in [0.2, 0.25) is 5.82 Å². The van der Waals surface area contributed by atoms with E-state index in [9.17, 15) is 4.79 Å². The van der Waals surface area contributed by atoms with Gasteiger partial charge in [0.1, 0.15) is 0 Å². The van der Waals surface area contributed by atoms with E-state index in [0.29, 0.717) is 17.8 Å². The first-order chi connectivity index (χ1) is 17.0. The normalized spacial score (nSPS) is 19.4. The second-order valence-corrected chi connectivity index (χ2v) is 9.69. The summed E-state index contributed by atoms with van der Waals surface area (Å²) in [6.45, 7) is 5.89. The molecule has 1 fully saturated rings.